The molecule has 5 aromatic rings. The Hall–Kier alpha value is -5.38. The summed E-state index contributed by atoms with van der Waals surface area (Å²) in [6.45, 7) is -1.50. The van der Waals surface area contributed by atoms with Crippen molar-refractivity contribution in [3.05, 3.63) is 112 Å². The van der Waals surface area contributed by atoms with Gasteiger partial charge in [-0.3, -0.25) is 19.5 Å². The van der Waals surface area contributed by atoms with Crippen molar-refractivity contribution in [3.63, 3.8) is 0 Å². The Morgan fingerprint density at radius 2 is 1.61 bits per heavy atom. The number of aromatic nitrogens is 2. The van der Waals surface area contributed by atoms with Gasteiger partial charge < -0.3 is 19.9 Å². The molecule has 1 spiro atoms. The van der Waals surface area contributed by atoms with Gasteiger partial charge in [0.15, 0.2) is 0 Å². The molecule has 2 heterocycles. The number of anilines is 3. The fourth-order valence-corrected chi connectivity index (χ4v) is 7.94. The normalized spacial score (nSPS) is 18.5. The number of benzene rings is 4. The number of nitrogens with one attached hydrogen (secondary N) is 2. The number of H-pyrrole nitrogens is 1. The number of alkyl halides is 6. The van der Waals surface area contributed by atoms with Crippen molar-refractivity contribution >= 4 is 61.6 Å². The van der Waals surface area contributed by atoms with E-state index in [0.29, 0.717) is 59.3 Å². The number of aromatic amines is 1. The Balaban J connectivity index is 1.14. The number of amides is 3. The van der Waals surface area contributed by atoms with Crippen molar-refractivity contribution in [1.29, 1.82) is 0 Å². The van der Waals surface area contributed by atoms with Crippen molar-refractivity contribution in [2.24, 2.45) is 0 Å². The lowest BCUT2D eigenvalue weighted by Gasteiger charge is -2.37. The third-order valence-electron chi connectivity index (χ3n) is 9.77. The van der Waals surface area contributed by atoms with Gasteiger partial charge in [0.05, 0.1) is 34.4 Å². The largest absolute Gasteiger partial charge is 0.490 e. The molecule has 16 heteroatoms. The smallest absolute Gasteiger partial charge is 0.416 e. The molecular formula is C38H30BrF6N5O4. The highest BCUT2D eigenvalue weighted by Crippen LogP contribution is 2.53. The Morgan fingerprint density at radius 1 is 0.926 bits per heavy atom. The Bertz CT molecular complexity index is 2250. The van der Waals surface area contributed by atoms with Gasteiger partial charge in [0.2, 0.25) is 17.7 Å². The van der Waals surface area contributed by atoms with Crippen LogP contribution in [0.4, 0.5) is 43.4 Å². The van der Waals surface area contributed by atoms with Crippen molar-refractivity contribution in [1.82, 2.24) is 10.2 Å². The molecule has 0 radical (unpaired) electrons. The molecule has 0 atom stereocenters. The van der Waals surface area contributed by atoms with E-state index in [9.17, 15) is 40.7 Å². The van der Waals surface area contributed by atoms with Crippen LogP contribution in [0.2, 0.25) is 0 Å². The molecule has 3 amide bonds. The van der Waals surface area contributed by atoms with Crippen LogP contribution in [0.15, 0.2) is 95.6 Å². The number of nitrogens with zero attached hydrogens (tertiary/aromatic N) is 3. The minimum Gasteiger partial charge on any atom is -0.490 e. The third kappa shape index (κ3) is 7.26. The summed E-state index contributed by atoms with van der Waals surface area (Å²) in [5, 5.41) is 10.1. The highest BCUT2D eigenvalue weighted by atomic mass is 79.9. The van der Waals surface area contributed by atoms with Crippen molar-refractivity contribution < 1.29 is 45.5 Å². The predicted molar refractivity (Wildman–Crippen MR) is 191 cm³/mol. The van der Waals surface area contributed by atoms with Gasteiger partial charge in [-0.1, -0.05) is 34.1 Å². The molecule has 280 valence electrons. The molecule has 1 saturated carbocycles. The second-order valence-electron chi connectivity index (χ2n) is 13.2. The standard InChI is InChI=1S/C38H30BrF6N5O4/c39-29-8-3-9-31-34(29)36(14-12-27(13-15-36)54-28-10-11-30-22(16-28)19-46-48-30)35(53)50(31)21-33(52)49(26-7-2-5-24(18-26)38(43,44)45)20-32(51)47-25-6-1-4-23(17-25)37(40,41)42/h1-11,16-19,27H,12-15,20-21H2,(H,46,48)(H,47,51). The van der Waals surface area contributed by atoms with E-state index in [1.54, 1.807) is 24.4 Å². The maximum absolute atomic E-state index is 14.5. The highest BCUT2D eigenvalue weighted by Gasteiger charge is 2.54. The van der Waals surface area contributed by atoms with Gasteiger partial charge >= 0.3 is 12.4 Å². The molecule has 2 aliphatic rings. The van der Waals surface area contributed by atoms with Crippen LogP contribution in [0.25, 0.3) is 10.9 Å². The van der Waals surface area contributed by atoms with Crippen LogP contribution in [0.1, 0.15) is 42.4 Å². The zero-order chi connectivity index (χ0) is 38.4. The molecule has 1 aliphatic carbocycles. The van der Waals surface area contributed by atoms with Crippen LogP contribution in [-0.4, -0.2) is 47.1 Å². The molecule has 7 rings (SSSR count). The molecule has 1 fully saturated rings. The van der Waals surface area contributed by atoms with Crippen LogP contribution in [0, 0.1) is 0 Å². The predicted octanol–water partition coefficient (Wildman–Crippen LogP) is 8.64. The van der Waals surface area contributed by atoms with E-state index < -0.39 is 53.8 Å². The van der Waals surface area contributed by atoms with E-state index in [2.05, 4.69) is 31.4 Å². The van der Waals surface area contributed by atoms with Gasteiger partial charge in [0.1, 0.15) is 18.8 Å². The molecule has 0 unspecified atom stereocenters. The minimum absolute atomic E-state index is 0.207. The summed E-state index contributed by atoms with van der Waals surface area (Å²) < 4.78 is 88.1. The summed E-state index contributed by atoms with van der Waals surface area (Å²) in [6.07, 6.45) is -6.25. The van der Waals surface area contributed by atoms with E-state index in [1.165, 1.54) is 17.0 Å². The fourth-order valence-electron chi connectivity index (χ4n) is 7.21. The number of fused-ring (bicyclic) bond motifs is 3. The first-order valence-corrected chi connectivity index (χ1v) is 17.6. The second-order valence-corrected chi connectivity index (χ2v) is 14.1. The van der Waals surface area contributed by atoms with E-state index in [1.807, 2.05) is 18.2 Å². The molecule has 1 aromatic heterocycles. The second kappa shape index (κ2) is 14.1. The van der Waals surface area contributed by atoms with Crippen molar-refractivity contribution in [2.75, 3.05) is 28.2 Å². The third-order valence-corrected chi connectivity index (χ3v) is 10.4. The summed E-state index contributed by atoms with van der Waals surface area (Å²) in [6, 6.07) is 18.3. The summed E-state index contributed by atoms with van der Waals surface area (Å²) >= 11 is 3.60. The number of hydrogen-bond donors (Lipinski definition) is 2. The van der Waals surface area contributed by atoms with E-state index in [-0.39, 0.29) is 23.4 Å². The lowest BCUT2D eigenvalue weighted by Crippen LogP contribution is -2.49. The van der Waals surface area contributed by atoms with Crippen LogP contribution in [-0.2, 0) is 32.2 Å². The Morgan fingerprint density at radius 3 is 2.33 bits per heavy atom. The molecular weight excluding hydrogens is 784 g/mol. The van der Waals surface area contributed by atoms with Gasteiger partial charge in [-0.05, 0) is 92.4 Å². The van der Waals surface area contributed by atoms with Gasteiger partial charge in [0, 0.05) is 32.5 Å². The Labute approximate surface area is 312 Å². The van der Waals surface area contributed by atoms with Crippen LogP contribution in [0.5, 0.6) is 5.75 Å². The van der Waals surface area contributed by atoms with Crippen LogP contribution < -0.4 is 19.9 Å². The SMILES string of the molecule is O=C(CN(C(=O)CN1C(=O)C2(CCC(Oc3ccc4[nH]ncc4c3)CC2)c2c(Br)cccc21)c1cccc(C(F)(F)F)c1)Nc1cccc(C(F)(F)F)c1. The zero-order valence-corrected chi connectivity index (χ0v) is 29.7. The van der Waals surface area contributed by atoms with E-state index in [0.717, 1.165) is 40.1 Å². The lowest BCUT2D eigenvalue weighted by atomic mass is 9.69. The number of ether oxygens (including phenoxy) is 1. The van der Waals surface area contributed by atoms with Crippen molar-refractivity contribution in [2.45, 2.75) is 49.6 Å². The molecule has 1 aliphatic heterocycles. The highest BCUT2D eigenvalue weighted by molar-refractivity contribution is 9.10. The van der Waals surface area contributed by atoms with Crippen molar-refractivity contribution in [3.8, 4) is 5.75 Å². The number of carbonyl (C=O) groups is 3. The summed E-state index contributed by atoms with van der Waals surface area (Å²) in [5.41, 5.74) is -1.72. The first-order valence-electron chi connectivity index (χ1n) is 16.8. The molecule has 4 aromatic carbocycles. The number of halogens is 7. The summed E-state index contributed by atoms with van der Waals surface area (Å²) in [5.74, 6) is -1.59. The quantitative estimate of drug-likeness (QED) is 0.153. The van der Waals surface area contributed by atoms with E-state index >= 15 is 0 Å². The monoisotopic (exact) mass is 813 g/mol. The molecule has 9 nitrogen and oxygen atoms in total. The molecule has 0 bridgehead atoms. The van der Waals surface area contributed by atoms with Crippen LogP contribution in [0.3, 0.4) is 0 Å². The fraction of sp³-hybridized carbons (Fsp3) is 0.263. The van der Waals surface area contributed by atoms with Crippen LogP contribution >= 0.6 is 15.9 Å². The van der Waals surface area contributed by atoms with Gasteiger partial charge in [-0.2, -0.15) is 31.4 Å². The lowest BCUT2D eigenvalue weighted by molar-refractivity contribution is -0.138. The maximum atomic E-state index is 14.5. The first-order chi connectivity index (χ1) is 25.6. The van der Waals surface area contributed by atoms with Gasteiger partial charge in [0.25, 0.3) is 0 Å². The van der Waals surface area contributed by atoms with Gasteiger partial charge in [-0.25, -0.2) is 0 Å². The number of hydrogen-bond acceptors (Lipinski definition) is 5. The number of carbonyl (C=O) groups excluding carboxylic acids is 3. The summed E-state index contributed by atoms with van der Waals surface area (Å²) in [7, 11) is 0. The summed E-state index contributed by atoms with van der Waals surface area (Å²) in [4.78, 5) is 43.9. The zero-order valence-electron chi connectivity index (χ0n) is 28.1. The maximum Gasteiger partial charge on any atom is 0.416 e. The minimum atomic E-state index is -4.79. The molecule has 0 saturated heterocycles. The molecule has 54 heavy (non-hydrogen) atoms. The van der Waals surface area contributed by atoms with Gasteiger partial charge in [-0.15, -0.1) is 0 Å². The average molecular weight is 815 g/mol. The topological polar surface area (TPSA) is 108 Å². The first kappa shape index (κ1) is 37.0. The Kier molecular flexibility index (Phi) is 9.66. The molecule has 2 N–H and O–H groups in total. The van der Waals surface area contributed by atoms with E-state index in [4.69, 9.17) is 4.74 Å². The number of rotatable bonds is 8. The average Bonchev–Trinajstić information content (AvgIpc) is 3.68.